The third kappa shape index (κ3) is 2.20. The molecule has 0 saturated heterocycles. The highest BCUT2D eigenvalue weighted by Crippen LogP contribution is 2.32. The summed E-state index contributed by atoms with van der Waals surface area (Å²) in [6, 6.07) is 3.96. The van der Waals surface area contributed by atoms with E-state index in [1.807, 2.05) is 39.8 Å². The average Bonchev–Trinajstić information content (AvgIpc) is 2.22. The summed E-state index contributed by atoms with van der Waals surface area (Å²) in [5, 5.41) is 0. The van der Waals surface area contributed by atoms with Crippen molar-refractivity contribution in [2.24, 2.45) is 5.73 Å². The number of aryl methyl sites for hydroxylation is 3. The van der Waals surface area contributed by atoms with E-state index in [4.69, 9.17) is 5.73 Å². The van der Waals surface area contributed by atoms with Gasteiger partial charge in [-0.05, 0) is 49.4 Å². The second-order valence-electron chi connectivity index (χ2n) is 4.27. The van der Waals surface area contributed by atoms with Gasteiger partial charge in [0.2, 0.25) is 0 Å². The third-order valence-corrected chi connectivity index (χ3v) is 3.21. The lowest BCUT2D eigenvalue weighted by Gasteiger charge is -2.25. The molecule has 1 rings (SSSR count). The van der Waals surface area contributed by atoms with E-state index in [9.17, 15) is 4.39 Å². The van der Waals surface area contributed by atoms with E-state index >= 15 is 0 Å². The Balaban J connectivity index is 3.30. The fourth-order valence-electron chi connectivity index (χ4n) is 1.89. The Labute approximate surface area is 91.5 Å². The molecule has 0 spiro atoms. The molecule has 1 aromatic rings. The minimum absolute atomic E-state index is 0.0485. The molecule has 0 aliphatic carbocycles. The van der Waals surface area contributed by atoms with Crippen LogP contribution in [0.5, 0.6) is 0 Å². The van der Waals surface area contributed by atoms with Crippen molar-refractivity contribution in [2.75, 3.05) is 6.54 Å². The highest BCUT2D eigenvalue weighted by Gasteiger charge is 2.29. The summed E-state index contributed by atoms with van der Waals surface area (Å²) in [6.45, 7) is 7.88. The molecule has 0 radical (unpaired) electrons. The summed E-state index contributed by atoms with van der Waals surface area (Å²) in [5.41, 5.74) is 8.22. The van der Waals surface area contributed by atoms with Crippen molar-refractivity contribution in [3.8, 4) is 0 Å². The highest BCUT2D eigenvalue weighted by molar-refractivity contribution is 5.40. The molecule has 0 fully saturated rings. The Bertz CT molecular complexity index is 354. The molecule has 0 aromatic heterocycles. The van der Waals surface area contributed by atoms with Gasteiger partial charge < -0.3 is 5.73 Å². The van der Waals surface area contributed by atoms with Crippen LogP contribution in [0.1, 0.15) is 35.6 Å². The number of hydrogen-bond donors (Lipinski definition) is 1. The van der Waals surface area contributed by atoms with E-state index in [2.05, 4.69) is 0 Å². The van der Waals surface area contributed by atoms with Crippen molar-refractivity contribution >= 4 is 0 Å². The minimum Gasteiger partial charge on any atom is -0.327 e. The van der Waals surface area contributed by atoms with Crippen LogP contribution in [0.15, 0.2) is 12.1 Å². The van der Waals surface area contributed by atoms with Gasteiger partial charge in [-0.3, -0.25) is 0 Å². The van der Waals surface area contributed by atoms with Crippen molar-refractivity contribution in [2.45, 2.75) is 39.8 Å². The van der Waals surface area contributed by atoms with Gasteiger partial charge in [-0.2, -0.15) is 0 Å². The van der Waals surface area contributed by atoms with Crippen LogP contribution in [0.3, 0.4) is 0 Å². The van der Waals surface area contributed by atoms with Gasteiger partial charge in [-0.1, -0.05) is 19.1 Å². The van der Waals surface area contributed by atoms with Gasteiger partial charge >= 0.3 is 0 Å². The second kappa shape index (κ2) is 4.31. The lowest BCUT2D eigenvalue weighted by atomic mass is 9.87. The molecule has 1 aromatic carbocycles. The molecule has 0 saturated carbocycles. The molecule has 15 heavy (non-hydrogen) atoms. The maximum atomic E-state index is 14.4. The first-order chi connectivity index (χ1) is 6.94. The number of nitrogens with two attached hydrogens (primary N) is 1. The maximum absolute atomic E-state index is 14.4. The molecule has 2 heteroatoms. The Morgan fingerprint density at radius 2 is 1.67 bits per heavy atom. The van der Waals surface area contributed by atoms with Crippen molar-refractivity contribution in [3.05, 3.63) is 34.4 Å². The molecule has 2 N–H and O–H groups in total. The summed E-state index contributed by atoms with van der Waals surface area (Å²) in [4.78, 5) is 0. The molecule has 1 atom stereocenters. The van der Waals surface area contributed by atoms with Gasteiger partial charge in [-0.15, -0.1) is 0 Å². The number of alkyl halides is 1. The van der Waals surface area contributed by atoms with E-state index in [1.54, 1.807) is 0 Å². The molecule has 0 aliphatic heterocycles. The molecular formula is C13H20FN. The SMILES string of the molecule is CCC(F)(CN)c1cc(C)c(C)cc1C. The molecule has 0 aliphatic rings. The van der Waals surface area contributed by atoms with Gasteiger partial charge in [0, 0.05) is 6.54 Å². The van der Waals surface area contributed by atoms with E-state index in [-0.39, 0.29) is 6.54 Å². The highest BCUT2D eigenvalue weighted by atomic mass is 19.1. The number of benzene rings is 1. The lowest BCUT2D eigenvalue weighted by Crippen LogP contribution is -2.30. The van der Waals surface area contributed by atoms with E-state index in [1.165, 1.54) is 5.56 Å². The zero-order valence-corrected chi connectivity index (χ0v) is 10.0. The van der Waals surface area contributed by atoms with E-state index in [0.717, 1.165) is 16.7 Å². The van der Waals surface area contributed by atoms with E-state index in [0.29, 0.717) is 6.42 Å². The van der Waals surface area contributed by atoms with Crippen LogP contribution in [0.4, 0.5) is 4.39 Å². The van der Waals surface area contributed by atoms with Crippen molar-refractivity contribution in [1.82, 2.24) is 0 Å². The summed E-state index contributed by atoms with van der Waals surface area (Å²) in [5.74, 6) is 0. The quantitative estimate of drug-likeness (QED) is 0.813. The first-order valence-corrected chi connectivity index (χ1v) is 5.42. The van der Waals surface area contributed by atoms with Gasteiger partial charge in [0.05, 0.1) is 0 Å². The third-order valence-electron chi connectivity index (χ3n) is 3.21. The molecular weight excluding hydrogens is 189 g/mol. The van der Waals surface area contributed by atoms with Gasteiger partial charge in [0.25, 0.3) is 0 Å². The first kappa shape index (κ1) is 12.2. The Kier molecular flexibility index (Phi) is 3.50. The standard InChI is InChI=1S/C13H20FN/c1-5-13(14,8-15)12-7-10(3)9(2)6-11(12)4/h6-7H,5,8,15H2,1-4H3. The maximum Gasteiger partial charge on any atom is 0.148 e. The predicted octanol–water partition coefficient (Wildman–Crippen LogP) is 3.15. The molecule has 0 heterocycles. The molecule has 0 bridgehead atoms. The zero-order chi connectivity index (χ0) is 11.6. The molecule has 1 nitrogen and oxygen atoms in total. The van der Waals surface area contributed by atoms with E-state index < -0.39 is 5.67 Å². The van der Waals surface area contributed by atoms with Crippen molar-refractivity contribution < 1.29 is 4.39 Å². The normalized spacial score (nSPS) is 15.1. The van der Waals surface area contributed by atoms with Gasteiger partial charge in [-0.25, -0.2) is 4.39 Å². The van der Waals surface area contributed by atoms with Crippen LogP contribution in [0, 0.1) is 20.8 Å². The topological polar surface area (TPSA) is 26.0 Å². The van der Waals surface area contributed by atoms with Crippen LogP contribution in [0.2, 0.25) is 0 Å². The Morgan fingerprint density at radius 1 is 1.13 bits per heavy atom. The van der Waals surface area contributed by atoms with Crippen LogP contribution in [0.25, 0.3) is 0 Å². The zero-order valence-electron chi connectivity index (χ0n) is 10.0. The summed E-state index contributed by atoms with van der Waals surface area (Å²) in [6.07, 6.45) is 0.423. The van der Waals surface area contributed by atoms with Crippen molar-refractivity contribution in [3.63, 3.8) is 0 Å². The number of hydrogen-bond acceptors (Lipinski definition) is 1. The number of rotatable bonds is 3. The fraction of sp³-hybridized carbons (Fsp3) is 0.538. The fourth-order valence-corrected chi connectivity index (χ4v) is 1.89. The Hall–Kier alpha value is -0.890. The molecule has 0 amide bonds. The smallest absolute Gasteiger partial charge is 0.148 e. The van der Waals surface area contributed by atoms with Gasteiger partial charge in [0.1, 0.15) is 5.67 Å². The summed E-state index contributed by atoms with van der Waals surface area (Å²) >= 11 is 0. The van der Waals surface area contributed by atoms with Gasteiger partial charge in [0.15, 0.2) is 0 Å². The van der Waals surface area contributed by atoms with Crippen LogP contribution >= 0.6 is 0 Å². The lowest BCUT2D eigenvalue weighted by molar-refractivity contribution is 0.168. The van der Waals surface area contributed by atoms with Crippen LogP contribution in [-0.2, 0) is 5.67 Å². The van der Waals surface area contributed by atoms with Crippen LogP contribution in [-0.4, -0.2) is 6.54 Å². The summed E-state index contributed by atoms with van der Waals surface area (Å²) < 4.78 is 14.4. The monoisotopic (exact) mass is 209 g/mol. The second-order valence-corrected chi connectivity index (χ2v) is 4.27. The minimum atomic E-state index is -1.37. The first-order valence-electron chi connectivity index (χ1n) is 5.42. The predicted molar refractivity (Wildman–Crippen MR) is 62.8 cm³/mol. The average molecular weight is 209 g/mol. The van der Waals surface area contributed by atoms with Crippen molar-refractivity contribution in [1.29, 1.82) is 0 Å². The molecule has 84 valence electrons. The largest absolute Gasteiger partial charge is 0.327 e. The molecule has 1 unspecified atom stereocenters. The number of halogens is 1. The summed E-state index contributed by atoms with van der Waals surface area (Å²) in [7, 11) is 0. The Morgan fingerprint density at radius 3 is 2.13 bits per heavy atom. The van der Waals surface area contributed by atoms with Crippen LogP contribution < -0.4 is 5.73 Å².